The summed E-state index contributed by atoms with van der Waals surface area (Å²) in [7, 11) is 0. The van der Waals surface area contributed by atoms with Gasteiger partial charge < -0.3 is 11.5 Å². The van der Waals surface area contributed by atoms with Crippen molar-refractivity contribution in [2.45, 2.75) is 31.8 Å². The topological polar surface area (TPSA) is 82.8 Å². The first kappa shape index (κ1) is 11.2. The van der Waals surface area contributed by atoms with Gasteiger partial charge in [0.25, 0.3) is 0 Å². The van der Waals surface area contributed by atoms with Crippen LogP contribution in [0.3, 0.4) is 0 Å². The largest absolute Gasteiger partial charge is 0.366 e. The van der Waals surface area contributed by atoms with Crippen molar-refractivity contribution < 1.29 is 0 Å². The summed E-state index contributed by atoms with van der Waals surface area (Å²) >= 11 is 0. The Morgan fingerprint density at radius 1 is 1.28 bits per heavy atom. The molecule has 1 aromatic carbocycles. The molecule has 0 saturated carbocycles. The maximum Gasteiger partial charge on any atom is 0.239 e. The third-order valence-electron chi connectivity index (χ3n) is 3.57. The van der Waals surface area contributed by atoms with Gasteiger partial charge in [-0.15, -0.1) is 5.10 Å². The van der Waals surface area contributed by atoms with Gasteiger partial charge in [-0.1, -0.05) is 24.3 Å². The van der Waals surface area contributed by atoms with Gasteiger partial charge in [0.2, 0.25) is 5.95 Å². The summed E-state index contributed by atoms with van der Waals surface area (Å²) in [5.41, 5.74) is 13.7. The van der Waals surface area contributed by atoms with E-state index >= 15 is 0 Å². The normalized spacial score (nSPS) is 18.6. The van der Waals surface area contributed by atoms with E-state index in [1.165, 1.54) is 11.1 Å². The SMILES string of the molecule is NCc1ccc(C2CCn3nc(N)nc3C2)cc1. The van der Waals surface area contributed by atoms with Crippen molar-refractivity contribution in [2.75, 3.05) is 5.73 Å². The molecule has 1 atom stereocenters. The molecule has 5 nitrogen and oxygen atoms in total. The third-order valence-corrected chi connectivity index (χ3v) is 3.57. The number of nitrogens with two attached hydrogens (primary N) is 2. The Morgan fingerprint density at radius 2 is 2.06 bits per heavy atom. The quantitative estimate of drug-likeness (QED) is 0.826. The summed E-state index contributed by atoms with van der Waals surface area (Å²) in [5.74, 6) is 1.88. The van der Waals surface area contributed by atoms with Crippen LogP contribution in [0, 0.1) is 0 Å². The second kappa shape index (κ2) is 4.42. The van der Waals surface area contributed by atoms with Gasteiger partial charge in [-0.2, -0.15) is 4.98 Å². The van der Waals surface area contributed by atoms with E-state index in [4.69, 9.17) is 11.5 Å². The van der Waals surface area contributed by atoms with Crippen LogP contribution in [0.4, 0.5) is 5.95 Å². The summed E-state index contributed by atoms with van der Waals surface area (Å²) in [5, 5.41) is 4.17. The standard InChI is InChI=1S/C13H17N5/c14-8-9-1-3-10(4-2-9)11-5-6-18-12(7-11)16-13(15)17-18/h1-4,11H,5-8,14H2,(H2,15,17). The molecule has 1 aliphatic rings. The van der Waals surface area contributed by atoms with Crippen molar-refractivity contribution in [1.82, 2.24) is 14.8 Å². The average molecular weight is 243 g/mol. The van der Waals surface area contributed by atoms with E-state index in [1.54, 1.807) is 0 Å². The van der Waals surface area contributed by atoms with Crippen LogP contribution >= 0.6 is 0 Å². The van der Waals surface area contributed by atoms with E-state index < -0.39 is 0 Å². The van der Waals surface area contributed by atoms with Crippen molar-refractivity contribution in [1.29, 1.82) is 0 Å². The van der Waals surface area contributed by atoms with Crippen molar-refractivity contribution in [2.24, 2.45) is 5.73 Å². The van der Waals surface area contributed by atoms with Crippen LogP contribution in [0.1, 0.15) is 29.3 Å². The third kappa shape index (κ3) is 1.97. The molecule has 0 aliphatic carbocycles. The van der Waals surface area contributed by atoms with Gasteiger partial charge in [-0.3, -0.25) is 0 Å². The minimum Gasteiger partial charge on any atom is -0.366 e. The molecule has 0 bridgehead atoms. The molecule has 2 heterocycles. The number of hydrogen-bond acceptors (Lipinski definition) is 4. The van der Waals surface area contributed by atoms with Crippen molar-refractivity contribution >= 4 is 5.95 Å². The molecule has 1 aliphatic heterocycles. The van der Waals surface area contributed by atoms with E-state index in [0.29, 0.717) is 18.4 Å². The molecule has 94 valence electrons. The molecule has 18 heavy (non-hydrogen) atoms. The molecular formula is C13H17N5. The van der Waals surface area contributed by atoms with Crippen LogP contribution in [0.15, 0.2) is 24.3 Å². The number of fused-ring (bicyclic) bond motifs is 1. The van der Waals surface area contributed by atoms with Crippen molar-refractivity contribution in [3.8, 4) is 0 Å². The van der Waals surface area contributed by atoms with Gasteiger partial charge in [-0.25, -0.2) is 4.68 Å². The van der Waals surface area contributed by atoms with Crippen LogP contribution in [0.25, 0.3) is 0 Å². The molecule has 4 N–H and O–H groups in total. The molecule has 0 amide bonds. The Labute approximate surface area is 106 Å². The van der Waals surface area contributed by atoms with Crippen molar-refractivity contribution in [3.63, 3.8) is 0 Å². The first-order valence-corrected chi connectivity index (χ1v) is 6.24. The zero-order valence-electron chi connectivity index (χ0n) is 10.2. The van der Waals surface area contributed by atoms with Crippen LogP contribution in [0.5, 0.6) is 0 Å². The number of anilines is 1. The Balaban J connectivity index is 1.82. The second-order valence-electron chi connectivity index (χ2n) is 4.74. The van der Waals surface area contributed by atoms with E-state index in [9.17, 15) is 0 Å². The second-order valence-corrected chi connectivity index (χ2v) is 4.74. The Bertz CT molecular complexity index is 543. The number of nitrogens with zero attached hydrogens (tertiary/aromatic N) is 3. The lowest BCUT2D eigenvalue weighted by Gasteiger charge is -2.22. The Morgan fingerprint density at radius 3 is 2.78 bits per heavy atom. The lowest BCUT2D eigenvalue weighted by molar-refractivity contribution is 0.434. The molecule has 0 radical (unpaired) electrons. The molecule has 5 heteroatoms. The van der Waals surface area contributed by atoms with Gasteiger partial charge in [0, 0.05) is 19.5 Å². The minimum atomic E-state index is 0.379. The summed E-state index contributed by atoms with van der Waals surface area (Å²) in [6, 6.07) is 8.54. The number of benzene rings is 1. The fourth-order valence-corrected chi connectivity index (χ4v) is 2.53. The highest BCUT2D eigenvalue weighted by Crippen LogP contribution is 2.28. The zero-order chi connectivity index (χ0) is 12.5. The van der Waals surface area contributed by atoms with E-state index in [0.717, 1.165) is 25.2 Å². The highest BCUT2D eigenvalue weighted by Gasteiger charge is 2.22. The fraction of sp³-hybridized carbons (Fsp3) is 0.385. The summed E-state index contributed by atoms with van der Waals surface area (Å²) in [4.78, 5) is 4.27. The average Bonchev–Trinajstić information content (AvgIpc) is 2.78. The molecule has 0 fully saturated rings. The predicted octanol–water partition coefficient (Wildman–Crippen LogP) is 1.05. The number of nitrogen functional groups attached to an aromatic ring is 1. The monoisotopic (exact) mass is 243 g/mol. The van der Waals surface area contributed by atoms with Crippen LogP contribution in [0.2, 0.25) is 0 Å². The number of hydrogen-bond donors (Lipinski definition) is 2. The fourth-order valence-electron chi connectivity index (χ4n) is 2.53. The van der Waals surface area contributed by atoms with Gasteiger partial charge in [0.1, 0.15) is 5.82 Å². The maximum absolute atomic E-state index is 5.62. The first-order valence-electron chi connectivity index (χ1n) is 6.24. The zero-order valence-corrected chi connectivity index (χ0v) is 10.2. The van der Waals surface area contributed by atoms with Crippen LogP contribution in [-0.2, 0) is 19.5 Å². The van der Waals surface area contributed by atoms with E-state index in [-0.39, 0.29) is 0 Å². The number of aryl methyl sites for hydroxylation is 1. The Kier molecular flexibility index (Phi) is 2.76. The van der Waals surface area contributed by atoms with E-state index in [2.05, 4.69) is 34.3 Å². The number of rotatable bonds is 2. The van der Waals surface area contributed by atoms with Gasteiger partial charge >= 0.3 is 0 Å². The number of aromatic nitrogens is 3. The summed E-state index contributed by atoms with van der Waals surface area (Å²) in [6.07, 6.45) is 1.99. The predicted molar refractivity (Wildman–Crippen MR) is 69.8 cm³/mol. The van der Waals surface area contributed by atoms with Gasteiger partial charge in [-0.05, 0) is 23.5 Å². The molecule has 3 rings (SSSR count). The smallest absolute Gasteiger partial charge is 0.239 e. The summed E-state index contributed by atoms with van der Waals surface area (Å²) < 4.78 is 1.92. The molecule has 1 aromatic heterocycles. The van der Waals surface area contributed by atoms with Crippen LogP contribution < -0.4 is 11.5 Å². The summed E-state index contributed by atoms with van der Waals surface area (Å²) in [6.45, 7) is 1.48. The van der Waals surface area contributed by atoms with Gasteiger partial charge in [0.05, 0.1) is 0 Å². The highest BCUT2D eigenvalue weighted by atomic mass is 15.4. The van der Waals surface area contributed by atoms with E-state index in [1.807, 2.05) is 4.68 Å². The molecule has 0 saturated heterocycles. The lowest BCUT2D eigenvalue weighted by Crippen LogP contribution is -2.19. The minimum absolute atomic E-state index is 0.379. The highest BCUT2D eigenvalue weighted by molar-refractivity contribution is 5.27. The lowest BCUT2D eigenvalue weighted by atomic mass is 9.90. The molecule has 2 aromatic rings. The maximum atomic E-state index is 5.62. The Hall–Kier alpha value is -1.88. The molecule has 1 unspecified atom stereocenters. The molecular weight excluding hydrogens is 226 g/mol. The van der Waals surface area contributed by atoms with Crippen LogP contribution in [-0.4, -0.2) is 14.8 Å². The first-order chi connectivity index (χ1) is 8.76. The molecule has 0 spiro atoms. The van der Waals surface area contributed by atoms with Crippen molar-refractivity contribution in [3.05, 3.63) is 41.2 Å². The van der Waals surface area contributed by atoms with Gasteiger partial charge in [0.15, 0.2) is 0 Å².